The lowest BCUT2D eigenvalue weighted by Crippen LogP contribution is -2.47. The third-order valence-corrected chi connectivity index (χ3v) is 2.96. The number of morpholine rings is 1. The highest BCUT2D eigenvalue weighted by molar-refractivity contribution is 5.68. The summed E-state index contributed by atoms with van der Waals surface area (Å²) in [5, 5.41) is 8.83. The molecule has 1 saturated heterocycles. The molecule has 20 heavy (non-hydrogen) atoms. The van der Waals surface area contributed by atoms with E-state index in [2.05, 4.69) is 4.98 Å². The Balaban J connectivity index is 2.26. The molecular formula is C12H13F3N2O3. The first-order valence-corrected chi connectivity index (χ1v) is 5.98. The fourth-order valence-electron chi connectivity index (χ4n) is 2.07. The number of hydrogen-bond donors (Lipinski definition) is 1. The van der Waals surface area contributed by atoms with Crippen LogP contribution in [0.15, 0.2) is 18.2 Å². The number of carboxylic acids is 1. The van der Waals surface area contributed by atoms with Crippen molar-refractivity contribution in [2.75, 3.05) is 24.7 Å². The second-order valence-corrected chi connectivity index (χ2v) is 4.40. The third kappa shape index (κ3) is 3.38. The lowest BCUT2D eigenvalue weighted by Gasteiger charge is -2.35. The van der Waals surface area contributed by atoms with Crippen molar-refractivity contribution in [2.45, 2.75) is 18.6 Å². The molecule has 1 aromatic heterocycles. The van der Waals surface area contributed by atoms with Crippen molar-refractivity contribution >= 4 is 11.8 Å². The molecule has 8 heteroatoms. The summed E-state index contributed by atoms with van der Waals surface area (Å²) in [5.41, 5.74) is -0.990. The normalized spacial score (nSPS) is 19.9. The quantitative estimate of drug-likeness (QED) is 0.919. The zero-order chi connectivity index (χ0) is 14.8. The molecule has 0 bridgehead atoms. The maximum absolute atomic E-state index is 12.6. The van der Waals surface area contributed by atoms with E-state index in [1.54, 1.807) is 4.90 Å². The fourth-order valence-corrected chi connectivity index (χ4v) is 2.07. The second kappa shape index (κ2) is 5.66. The van der Waals surface area contributed by atoms with Gasteiger partial charge in [-0.15, -0.1) is 0 Å². The van der Waals surface area contributed by atoms with Gasteiger partial charge in [-0.2, -0.15) is 13.2 Å². The molecule has 0 aliphatic carbocycles. The van der Waals surface area contributed by atoms with Gasteiger partial charge in [-0.1, -0.05) is 6.07 Å². The molecule has 2 rings (SSSR count). The number of nitrogens with zero attached hydrogens (tertiary/aromatic N) is 2. The van der Waals surface area contributed by atoms with Crippen LogP contribution in [-0.2, 0) is 15.7 Å². The summed E-state index contributed by atoms with van der Waals surface area (Å²) in [5.74, 6) is -0.910. The van der Waals surface area contributed by atoms with Gasteiger partial charge in [0.2, 0.25) is 0 Å². The van der Waals surface area contributed by atoms with E-state index in [1.807, 2.05) is 0 Å². The average Bonchev–Trinajstić information content (AvgIpc) is 2.38. The van der Waals surface area contributed by atoms with Crippen LogP contribution in [0.25, 0.3) is 0 Å². The van der Waals surface area contributed by atoms with E-state index in [1.165, 1.54) is 12.1 Å². The number of aromatic nitrogens is 1. The van der Waals surface area contributed by atoms with Gasteiger partial charge < -0.3 is 14.7 Å². The molecule has 5 nitrogen and oxygen atoms in total. The molecule has 0 amide bonds. The van der Waals surface area contributed by atoms with E-state index in [9.17, 15) is 18.0 Å². The first-order valence-electron chi connectivity index (χ1n) is 5.98. The summed E-state index contributed by atoms with van der Waals surface area (Å²) in [6, 6.07) is 3.07. The van der Waals surface area contributed by atoms with Crippen molar-refractivity contribution in [1.82, 2.24) is 4.98 Å². The molecule has 1 N–H and O–H groups in total. The molecule has 0 spiro atoms. The minimum absolute atomic E-state index is 0.120. The number of hydrogen-bond acceptors (Lipinski definition) is 4. The second-order valence-electron chi connectivity index (χ2n) is 4.40. The Morgan fingerprint density at radius 2 is 2.25 bits per heavy atom. The van der Waals surface area contributed by atoms with Crippen LogP contribution in [0.1, 0.15) is 12.1 Å². The highest BCUT2D eigenvalue weighted by Crippen LogP contribution is 2.29. The van der Waals surface area contributed by atoms with E-state index in [4.69, 9.17) is 9.84 Å². The standard InChI is InChI=1S/C12H13F3N2O3/c13-12(14,15)9-2-1-3-10(16-9)17-4-5-20-7-8(17)6-11(18)19/h1-3,8H,4-7H2,(H,18,19). The Bertz CT molecular complexity index is 493. The van der Waals surface area contributed by atoms with Crippen molar-refractivity contribution in [2.24, 2.45) is 0 Å². The summed E-state index contributed by atoms with van der Waals surface area (Å²) in [4.78, 5) is 15.9. The topological polar surface area (TPSA) is 62.7 Å². The summed E-state index contributed by atoms with van der Waals surface area (Å²) >= 11 is 0. The van der Waals surface area contributed by atoms with Crippen molar-refractivity contribution in [3.8, 4) is 0 Å². The van der Waals surface area contributed by atoms with Gasteiger partial charge in [-0.05, 0) is 12.1 Å². The Labute approximate surface area is 113 Å². The van der Waals surface area contributed by atoms with Crippen LogP contribution in [0.5, 0.6) is 0 Å². The Kier molecular flexibility index (Phi) is 4.12. The first kappa shape index (κ1) is 14.6. The van der Waals surface area contributed by atoms with E-state index < -0.39 is 23.9 Å². The van der Waals surface area contributed by atoms with Crippen LogP contribution in [0.2, 0.25) is 0 Å². The number of anilines is 1. The Morgan fingerprint density at radius 1 is 1.50 bits per heavy atom. The highest BCUT2D eigenvalue weighted by Gasteiger charge is 2.34. The largest absolute Gasteiger partial charge is 0.481 e. The minimum atomic E-state index is -4.52. The molecule has 1 unspecified atom stereocenters. The molecule has 0 saturated carbocycles. The molecule has 2 heterocycles. The number of aliphatic carboxylic acids is 1. The van der Waals surface area contributed by atoms with E-state index in [0.717, 1.165) is 6.07 Å². The highest BCUT2D eigenvalue weighted by atomic mass is 19.4. The summed E-state index contributed by atoms with van der Waals surface area (Å²) in [6.45, 7) is 0.796. The number of alkyl halides is 3. The molecule has 1 aliphatic heterocycles. The number of carbonyl (C=O) groups is 1. The van der Waals surface area contributed by atoms with Crippen LogP contribution in [0.4, 0.5) is 19.0 Å². The molecule has 1 aliphatic rings. The van der Waals surface area contributed by atoms with Gasteiger partial charge in [-0.3, -0.25) is 4.79 Å². The van der Waals surface area contributed by atoms with Crippen LogP contribution < -0.4 is 4.90 Å². The van der Waals surface area contributed by atoms with Gasteiger partial charge in [0.25, 0.3) is 0 Å². The van der Waals surface area contributed by atoms with E-state index >= 15 is 0 Å². The first-order chi connectivity index (χ1) is 9.38. The van der Waals surface area contributed by atoms with Crippen molar-refractivity contribution in [3.63, 3.8) is 0 Å². The third-order valence-electron chi connectivity index (χ3n) is 2.96. The summed E-state index contributed by atoms with van der Waals surface area (Å²) in [6.07, 6.45) is -4.73. The number of carboxylic acid groups (broad SMARTS) is 1. The predicted octanol–water partition coefficient (Wildman–Crippen LogP) is 1.78. The van der Waals surface area contributed by atoms with Crippen LogP contribution >= 0.6 is 0 Å². The molecule has 1 aromatic rings. The zero-order valence-corrected chi connectivity index (χ0v) is 10.4. The van der Waals surface area contributed by atoms with Crippen molar-refractivity contribution in [1.29, 1.82) is 0 Å². The maximum atomic E-state index is 12.6. The van der Waals surface area contributed by atoms with Gasteiger partial charge >= 0.3 is 12.1 Å². The monoisotopic (exact) mass is 290 g/mol. The van der Waals surface area contributed by atoms with Gasteiger partial charge in [0.1, 0.15) is 11.5 Å². The lowest BCUT2D eigenvalue weighted by atomic mass is 10.1. The maximum Gasteiger partial charge on any atom is 0.433 e. The van der Waals surface area contributed by atoms with E-state index in [0.29, 0.717) is 13.2 Å². The lowest BCUT2D eigenvalue weighted by molar-refractivity contribution is -0.141. The van der Waals surface area contributed by atoms with Gasteiger partial charge in [0.15, 0.2) is 0 Å². The Morgan fingerprint density at radius 3 is 2.90 bits per heavy atom. The molecular weight excluding hydrogens is 277 g/mol. The SMILES string of the molecule is O=C(O)CC1COCCN1c1cccc(C(F)(F)F)n1. The van der Waals surface area contributed by atoms with Gasteiger partial charge in [0.05, 0.1) is 25.7 Å². The summed E-state index contributed by atoms with van der Waals surface area (Å²) < 4.78 is 43.1. The number of rotatable bonds is 3. The molecule has 1 atom stereocenters. The molecule has 110 valence electrons. The predicted molar refractivity (Wildman–Crippen MR) is 63.4 cm³/mol. The molecule has 0 aromatic carbocycles. The molecule has 1 fully saturated rings. The number of halogens is 3. The summed E-state index contributed by atoms with van der Waals surface area (Å²) in [7, 11) is 0. The molecule has 0 radical (unpaired) electrons. The van der Waals surface area contributed by atoms with Gasteiger partial charge in [-0.25, -0.2) is 4.98 Å². The van der Waals surface area contributed by atoms with Crippen LogP contribution in [0.3, 0.4) is 0 Å². The Hall–Kier alpha value is -1.83. The van der Waals surface area contributed by atoms with Gasteiger partial charge in [0, 0.05) is 6.54 Å². The number of pyridine rings is 1. The number of ether oxygens (including phenoxy) is 1. The van der Waals surface area contributed by atoms with Crippen LogP contribution in [-0.4, -0.2) is 41.9 Å². The van der Waals surface area contributed by atoms with Crippen LogP contribution in [0, 0.1) is 0 Å². The average molecular weight is 290 g/mol. The fraction of sp³-hybridized carbons (Fsp3) is 0.500. The van der Waals surface area contributed by atoms with Crippen molar-refractivity contribution in [3.05, 3.63) is 23.9 Å². The minimum Gasteiger partial charge on any atom is -0.481 e. The smallest absolute Gasteiger partial charge is 0.433 e. The van der Waals surface area contributed by atoms with E-state index in [-0.39, 0.29) is 18.8 Å². The van der Waals surface area contributed by atoms with Crippen molar-refractivity contribution < 1.29 is 27.8 Å². The zero-order valence-electron chi connectivity index (χ0n) is 10.4.